The van der Waals surface area contributed by atoms with Crippen LogP contribution in [0.15, 0.2) is 27.6 Å². The normalized spacial score (nSPS) is 13.6. The van der Waals surface area contributed by atoms with Crippen LogP contribution in [0.5, 0.6) is 0 Å². The monoisotopic (exact) mass is 337 g/mol. The zero-order valence-electron chi connectivity index (χ0n) is 9.81. The van der Waals surface area contributed by atoms with Crippen molar-refractivity contribution in [1.82, 2.24) is 0 Å². The van der Waals surface area contributed by atoms with E-state index < -0.39 is 9.84 Å². The molecule has 0 amide bonds. The maximum atomic E-state index is 11.0. The van der Waals surface area contributed by atoms with E-state index in [1.54, 1.807) is 0 Å². The standard InChI is InChI=1S/C11H16BrNO2S2/c1-8(13)9-3-4-11(10(12)7-9)16-5-6-17(2,14)15/h3-4,7-8H,5-6,13H2,1-2H3. The summed E-state index contributed by atoms with van der Waals surface area (Å²) in [5.41, 5.74) is 6.84. The van der Waals surface area contributed by atoms with Crippen LogP contribution in [0.4, 0.5) is 0 Å². The number of hydrogen-bond acceptors (Lipinski definition) is 4. The van der Waals surface area contributed by atoms with Gasteiger partial charge in [-0.3, -0.25) is 0 Å². The molecule has 3 nitrogen and oxygen atoms in total. The molecule has 6 heteroatoms. The molecule has 0 heterocycles. The van der Waals surface area contributed by atoms with Gasteiger partial charge < -0.3 is 5.73 Å². The Morgan fingerprint density at radius 3 is 2.59 bits per heavy atom. The Morgan fingerprint density at radius 2 is 2.12 bits per heavy atom. The second-order valence-corrected chi connectivity index (χ2v) is 8.21. The van der Waals surface area contributed by atoms with E-state index in [4.69, 9.17) is 5.73 Å². The Morgan fingerprint density at radius 1 is 1.47 bits per heavy atom. The average Bonchev–Trinajstić information content (AvgIpc) is 2.18. The van der Waals surface area contributed by atoms with E-state index in [1.165, 1.54) is 18.0 Å². The molecule has 17 heavy (non-hydrogen) atoms. The van der Waals surface area contributed by atoms with Gasteiger partial charge in [0.1, 0.15) is 9.84 Å². The molecule has 2 N–H and O–H groups in total. The number of thioether (sulfide) groups is 1. The first kappa shape index (κ1) is 15.0. The van der Waals surface area contributed by atoms with Crippen molar-refractivity contribution in [1.29, 1.82) is 0 Å². The van der Waals surface area contributed by atoms with Crippen molar-refractivity contribution in [2.24, 2.45) is 5.73 Å². The third kappa shape index (κ3) is 5.42. The van der Waals surface area contributed by atoms with Gasteiger partial charge in [0.15, 0.2) is 0 Å². The maximum Gasteiger partial charge on any atom is 0.148 e. The Hall–Kier alpha value is -0.0400. The smallest absolute Gasteiger partial charge is 0.148 e. The first-order valence-electron chi connectivity index (χ1n) is 5.15. The minimum absolute atomic E-state index is 0.00127. The zero-order chi connectivity index (χ0) is 13.1. The Balaban J connectivity index is 2.67. The fraction of sp³-hybridized carbons (Fsp3) is 0.455. The van der Waals surface area contributed by atoms with Gasteiger partial charge in [0, 0.05) is 27.4 Å². The second-order valence-electron chi connectivity index (χ2n) is 3.96. The molecule has 0 aromatic heterocycles. The highest BCUT2D eigenvalue weighted by Crippen LogP contribution is 2.29. The van der Waals surface area contributed by atoms with E-state index in [1.807, 2.05) is 25.1 Å². The van der Waals surface area contributed by atoms with E-state index >= 15 is 0 Å². The molecule has 0 spiro atoms. The summed E-state index contributed by atoms with van der Waals surface area (Å²) in [5.74, 6) is 0.758. The number of benzene rings is 1. The minimum Gasteiger partial charge on any atom is -0.324 e. The summed E-state index contributed by atoms with van der Waals surface area (Å²) in [5, 5.41) is 0. The third-order valence-corrected chi connectivity index (χ3v) is 5.39. The molecule has 0 aliphatic rings. The molecule has 1 atom stereocenters. The first-order valence-corrected chi connectivity index (χ1v) is 8.99. The molecular weight excluding hydrogens is 322 g/mol. The lowest BCUT2D eigenvalue weighted by molar-refractivity contribution is 0.603. The summed E-state index contributed by atoms with van der Waals surface area (Å²) in [4.78, 5) is 1.04. The largest absolute Gasteiger partial charge is 0.324 e. The second kappa shape index (κ2) is 6.22. The molecular formula is C11H16BrNO2S2. The predicted octanol–water partition coefficient (Wildman–Crippen LogP) is 2.61. The van der Waals surface area contributed by atoms with Crippen LogP contribution in [0.1, 0.15) is 18.5 Å². The number of nitrogens with two attached hydrogens (primary N) is 1. The van der Waals surface area contributed by atoms with Gasteiger partial charge in [-0.25, -0.2) is 8.42 Å². The van der Waals surface area contributed by atoms with Crippen LogP contribution >= 0.6 is 27.7 Å². The molecule has 0 saturated heterocycles. The van der Waals surface area contributed by atoms with Gasteiger partial charge in [0.25, 0.3) is 0 Å². The molecule has 0 fully saturated rings. The summed E-state index contributed by atoms with van der Waals surface area (Å²) in [6, 6.07) is 5.92. The van der Waals surface area contributed by atoms with Crippen LogP contribution in [-0.4, -0.2) is 26.2 Å². The van der Waals surface area contributed by atoms with Gasteiger partial charge in [-0.15, -0.1) is 11.8 Å². The Kier molecular flexibility index (Phi) is 5.50. The summed E-state index contributed by atoms with van der Waals surface area (Å²) in [7, 11) is -2.88. The lowest BCUT2D eigenvalue weighted by Crippen LogP contribution is -2.06. The highest BCUT2D eigenvalue weighted by Gasteiger charge is 2.07. The number of sulfone groups is 1. The first-order chi connectivity index (χ1) is 7.79. The Labute approximate surface area is 115 Å². The molecule has 1 aromatic carbocycles. The number of rotatable bonds is 5. The van der Waals surface area contributed by atoms with Gasteiger partial charge in [-0.2, -0.15) is 0 Å². The highest BCUT2D eigenvalue weighted by atomic mass is 79.9. The molecule has 0 radical (unpaired) electrons. The highest BCUT2D eigenvalue weighted by molar-refractivity contribution is 9.10. The van der Waals surface area contributed by atoms with E-state index in [0.29, 0.717) is 5.75 Å². The summed E-state index contributed by atoms with van der Waals surface area (Å²) in [6.07, 6.45) is 1.25. The third-order valence-electron chi connectivity index (χ3n) is 2.19. The predicted molar refractivity (Wildman–Crippen MR) is 77.2 cm³/mol. The van der Waals surface area contributed by atoms with Crippen molar-refractivity contribution in [3.05, 3.63) is 28.2 Å². The molecule has 1 aromatic rings. The molecule has 0 aliphatic carbocycles. The van der Waals surface area contributed by atoms with Crippen molar-refractivity contribution in [3.8, 4) is 0 Å². The van der Waals surface area contributed by atoms with Crippen LogP contribution in [-0.2, 0) is 9.84 Å². The molecule has 1 unspecified atom stereocenters. The molecule has 0 bridgehead atoms. The van der Waals surface area contributed by atoms with Crippen molar-refractivity contribution < 1.29 is 8.42 Å². The SMILES string of the molecule is CC(N)c1ccc(SCCS(C)(=O)=O)c(Br)c1. The van der Waals surface area contributed by atoms with Gasteiger partial charge >= 0.3 is 0 Å². The van der Waals surface area contributed by atoms with E-state index in [0.717, 1.165) is 14.9 Å². The lowest BCUT2D eigenvalue weighted by Gasteiger charge is -2.09. The van der Waals surface area contributed by atoms with Gasteiger partial charge in [-0.1, -0.05) is 6.07 Å². The van der Waals surface area contributed by atoms with Crippen molar-refractivity contribution in [3.63, 3.8) is 0 Å². The maximum absolute atomic E-state index is 11.0. The zero-order valence-corrected chi connectivity index (χ0v) is 13.0. The minimum atomic E-state index is -2.88. The summed E-state index contributed by atoms with van der Waals surface area (Å²) >= 11 is 5.00. The van der Waals surface area contributed by atoms with Crippen molar-refractivity contribution in [2.75, 3.05) is 17.8 Å². The van der Waals surface area contributed by atoms with Crippen LogP contribution in [0.3, 0.4) is 0 Å². The summed E-state index contributed by atoms with van der Waals surface area (Å²) in [6.45, 7) is 1.93. The van der Waals surface area contributed by atoms with E-state index in [9.17, 15) is 8.42 Å². The van der Waals surface area contributed by atoms with Crippen LogP contribution < -0.4 is 5.73 Å². The van der Waals surface area contributed by atoms with Crippen LogP contribution in [0.2, 0.25) is 0 Å². The number of halogens is 1. The molecule has 96 valence electrons. The average molecular weight is 338 g/mol. The molecule has 0 saturated carbocycles. The van der Waals surface area contributed by atoms with Crippen molar-refractivity contribution >= 4 is 37.5 Å². The molecule has 0 aliphatic heterocycles. The Bertz CT molecular complexity index is 486. The fourth-order valence-corrected chi connectivity index (χ4v) is 4.09. The summed E-state index contributed by atoms with van der Waals surface area (Å²) < 4.78 is 23.0. The van der Waals surface area contributed by atoms with Crippen LogP contribution in [0.25, 0.3) is 0 Å². The number of hydrogen-bond donors (Lipinski definition) is 1. The van der Waals surface area contributed by atoms with Crippen LogP contribution in [0, 0.1) is 0 Å². The molecule has 1 rings (SSSR count). The van der Waals surface area contributed by atoms with E-state index in [2.05, 4.69) is 15.9 Å². The van der Waals surface area contributed by atoms with E-state index in [-0.39, 0.29) is 11.8 Å². The van der Waals surface area contributed by atoms with Gasteiger partial charge in [0.05, 0.1) is 5.75 Å². The van der Waals surface area contributed by atoms with Gasteiger partial charge in [0.2, 0.25) is 0 Å². The van der Waals surface area contributed by atoms with Gasteiger partial charge in [-0.05, 0) is 40.5 Å². The van der Waals surface area contributed by atoms with Crippen molar-refractivity contribution in [2.45, 2.75) is 17.9 Å². The fourth-order valence-electron chi connectivity index (χ4n) is 1.22. The quantitative estimate of drug-likeness (QED) is 0.839. The topological polar surface area (TPSA) is 60.2 Å². The lowest BCUT2D eigenvalue weighted by atomic mass is 10.1.